The lowest BCUT2D eigenvalue weighted by atomic mass is 10.1. The molecule has 0 N–H and O–H groups in total. The summed E-state index contributed by atoms with van der Waals surface area (Å²) in [4.78, 5) is 12.9. The average Bonchev–Trinajstić information content (AvgIpc) is 2.72. The lowest BCUT2D eigenvalue weighted by molar-refractivity contribution is 0.0284. The Hall–Kier alpha value is -2.36. The van der Waals surface area contributed by atoms with Crippen LogP contribution in [0.15, 0.2) is 84.9 Å². The molecule has 28 heavy (non-hydrogen) atoms. The molecule has 144 valence electrons. The van der Waals surface area contributed by atoms with Crippen molar-refractivity contribution >= 4 is 30.8 Å². The lowest BCUT2D eigenvalue weighted by Crippen LogP contribution is -2.47. The third-order valence-corrected chi connectivity index (χ3v) is 10.2. The standard InChI is InChI=1S/C24H25ClO2Si/c1-18(28(2,3)22-15-8-5-9-16-22)23(19-11-6-4-7-12-19)27-24(26)20-13-10-14-21(25)17-20/h4-18,23H,1-3H3. The number of esters is 1. The Morgan fingerprint density at radius 1 is 0.893 bits per heavy atom. The van der Waals surface area contributed by atoms with Crippen molar-refractivity contribution in [3.63, 3.8) is 0 Å². The summed E-state index contributed by atoms with van der Waals surface area (Å²) in [5, 5.41) is 1.87. The summed E-state index contributed by atoms with van der Waals surface area (Å²) >= 11 is 6.06. The van der Waals surface area contributed by atoms with Crippen LogP contribution in [0.4, 0.5) is 0 Å². The highest BCUT2D eigenvalue weighted by Gasteiger charge is 2.38. The van der Waals surface area contributed by atoms with Crippen molar-refractivity contribution in [2.24, 2.45) is 0 Å². The second-order valence-electron chi connectivity index (χ2n) is 7.62. The monoisotopic (exact) mass is 408 g/mol. The minimum Gasteiger partial charge on any atom is -0.454 e. The van der Waals surface area contributed by atoms with Crippen molar-refractivity contribution in [2.75, 3.05) is 0 Å². The van der Waals surface area contributed by atoms with Gasteiger partial charge in [-0.1, -0.05) is 104 Å². The molecule has 0 bridgehead atoms. The Kier molecular flexibility index (Phi) is 6.37. The SMILES string of the molecule is CC(C(OC(=O)c1cccc(Cl)c1)c1ccccc1)[Si](C)(C)c1ccccc1. The maximum atomic E-state index is 12.9. The highest BCUT2D eigenvalue weighted by atomic mass is 35.5. The van der Waals surface area contributed by atoms with E-state index in [1.807, 2.05) is 36.4 Å². The highest BCUT2D eigenvalue weighted by molar-refractivity contribution is 6.91. The van der Waals surface area contributed by atoms with Crippen molar-refractivity contribution in [3.05, 3.63) is 101 Å². The predicted octanol–water partition coefficient (Wildman–Crippen LogP) is 6.24. The molecule has 0 saturated carbocycles. The van der Waals surface area contributed by atoms with Crippen LogP contribution < -0.4 is 5.19 Å². The minimum absolute atomic E-state index is 0.181. The van der Waals surface area contributed by atoms with E-state index < -0.39 is 8.07 Å². The summed E-state index contributed by atoms with van der Waals surface area (Å²) in [7, 11) is -1.91. The molecule has 0 aliphatic carbocycles. The van der Waals surface area contributed by atoms with Crippen LogP contribution in [0.3, 0.4) is 0 Å². The Morgan fingerprint density at radius 3 is 2.11 bits per heavy atom. The molecule has 2 unspecified atom stereocenters. The van der Waals surface area contributed by atoms with Gasteiger partial charge in [0.1, 0.15) is 6.10 Å². The van der Waals surface area contributed by atoms with Gasteiger partial charge in [-0.05, 0) is 29.3 Å². The third-order valence-electron chi connectivity index (χ3n) is 5.53. The van der Waals surface area contributed by atoms with Gasteiger partial charge in [0.15, 0.2) is 0 Å². The van der Waals surface area contributed by atoms with Crippen LogP contribution in [-0.2, 0) is 4.74 Å². The van der Waals surface area contributed by atoms with Gasteiger partial charge in [0.2, 0.25) is 0 Å². The van der Waals surface area contributed by atoms with E-state index in [1.165, 1.54) is 5.19 Å². The number of carbonyl (C=O) groups excluding carboxylic acids is 1. The second-order valence-corrected chi connectivity index (χ2v) is 13.0. The van der Waals surface area contributed by atoms with Crippen LogP contribution in [0.1, 0.15) is 28.9 Å². The zero-order valence-electron chi connectivity index (χ0n) is 16.4. The summed E-state index contributed by atoms with van der Waals surface area (Å²) in [5.41, 5.74) is 1.67. The summed E-state index contributed by atoms with van der Waals surface area (Å²) in [6.07, 6.45) is -0.324. The molecular formula is C24H25ClO2Si. The molecule has 0 aromatic heterocycles. The van der Waals surface area contributed by atoms with Crippen LogP contribution in [0, 0.1) is 0 Å². The van der Waals surface area contributed by atoms with Gasteiger partial charge >= 0.3 is 5.97 Å². The van der Waals surface area contributed by atoms with E-state index in [2.05, 4.69) is 44.3 Å². The molecule has 0 fully saturated rings. The van der Waals surface area contributed by atoms with Crippen molar-refractivity contribution in [1.29, 1.82) is 0 Å². The van der Waals surface area contributed by atoms with E-state index >= 15 is 0 Å². The Bertz CT molecular complexity index is 926. The van der Waals surface area contributed by atoms with Gasteiger partial charge in [-0.2, -0.15) is 0 Å². The van der Waals surface area contributed by atoms with Crippen LogP contribution in [-0.4, -0.2) is 14.0 Å². The van der Waals surface area contributed by atoms with E-state index in [0.717, 1.165) is 5.56 Å². The molecule has 0 amide bonds. The molecule has 4 heteroatoms. The van der Waals surface area contributed by atoms with E-state index in [-0.39, 0.29) is 17.6 Å². The largest absolute Gasteiger partial charge is 0.454 e. The normalized spacial score (nSPS) is 13.6. The molecule has 2 nitrogen and oxygen atoms in total. The van der Waals surface area contributed by atoms with Crippen molar-refractivity contribution in [2.45, 2.75) is 31.7 Å². The van der Waals surface area contributed by atoms with E-state index in [4.69, 9.17) is 16.3 Å². The molecule has 0 spiro atoms. The van der Waals surface area contributed by atoms with Crippen LogP contribution >= 0.6 is 11.6 Å². The Balaban J connectivity index is 1.94. The van der Waals surface area contributed by atoms with Crippen molar-refractivity contribution in [3.8, 4) is 0 Å². The number of hydrogen-bond acceptors (Lipinski definition) is 2. The van der Waals surface area contributed by atoms with Gasteiger partial charge in [-0.15, -0.1) is 0 Å². The molecular weight excluding hydrogens is 384 g/mol. The number of carbonyl (C=O) groups is 1. The Labute approximate surface area is 173 Å². The molecule has 0 aliphatic rings. The second kappa shape index (κ2) is 8.76. The zero-order chi connectivity index (χ0) is 20.1. The summed E-state index contributed by atoms with van der Waals surface area (Å²) in [5.74, 6) is -0.346. The fourth-order valence-corrected chi connectivity index (χ4v) is 6.19. The molecule has 3 aromatic rings. The fourth-order valence-electron chi connectivity index (χ4n) is 3.41. The smallest absolute Gasteiger partial charge is 0.338 e. The fraction of sp³-hybridized carbons (Fsp3) is 0.208. The first-order chi connectivity index (χ1) is 13.4. The van der Waals surface area contributed by atoms with Crippen LogP contribution in [0.2, 0.25) is 23.7 Å². The zero-order valence-corrected chi connectivity index (χ0v) is 18.2. The number of ether oxygens (including phenoxy) is 1. The third kappa shape index (κ3) is 4.54. The first kappa shape index (κ1) is 20.4. The van der Waals surface area contributed by atoms with Gasteiger partial charge in [0, 0.05) is 5.02 Å². The number of rotatable bonds is 6. The number of halogens is 1. The number of hydrogen-bond donors (Lipinski definition) is 0. The first-order valence-corrected chi connectivity index (χ1v) is 12.9. The van der Waals surface area contributed by atoms with E-state index in [1.54, 1.807) is 24.3 Å². The lowest BCUT2D eigenvalue weighted by Gasteiger charge is -2.36. The highest BCUT2D eigenvalue weighted by Crippen LogP contribution is 2.38. The molecule has 0 saturated heterocycles. The van der Waals surface area contributed by atoms with E-state index in [0.29, 0.717) is 10.6 Å². The molecule has 3 rings (SSSR count). The van der Waals surface area contributed by atoms with Gasteiger partial charge in [0.05, 0.1) is 13.6 Å². The summed E-state index contributed by atoms with van der Waals surface area (Å²) < 4.78 is 6.08. The van der Waals surface area contributed by atoms with Crippen molar-refractivity contribution < 1.29 is 9.53 Å². The molecule has 2 atom stereocenters. The van der Waals surface area contributed by atoms with Crippen molar-refractivity contribution in [1.82, 2.24) is 0 Å². The summed E-state index contributed by atoms with van der Waals surface area (Å²) in [6, 6.07) is 27.5. The van der Waals surface area contributed by atoms with E-state index in [9.17, 15) is 4.79 Å². The summed E-state index contributed by atoms with van der Waals surface area (Å²) in [6.45, 7) is 6.86. The maximum absolute atomic E-state index is 12.9. The topological polar surface area (TPSA) is 26.3 Å². The van der Waals surface area contributed by atoms with Crippen LogP contribution in [0.5, 0.6) is 0 Å². The van der Waals surface area contributed by atoms with Gasteiger partial charge in [-0.3, -0.25) is 0 Å². The van der Waals surface area contributed by atoms with Gasteiger partial charge in [-0.25, -0.2) is 4.79 Å². The molecule has 0 heterocycles. The van der Waals surface area contributed by atoms with Gasteiger partial charge in [0.25, 0.3) is 0 Å². The average molecular weight is 409 g/mol. The molecule has 0 radical (unpaired) electrons. The maximum Gasteiger partial charge on any atom is 0.338 e. The van der Waals surface area contributed by atoms with Crippen LogP contribution in [0.25, 0.3) is 0 Å². The first-order valence-electron chi connectivity index (χ1n) is 9.46. The number of benzene rings is 3. The quantitative estimate of drug-likeness (QED) is 0.356. The minimum atomic E-state index is -1.91. The Morgan fingerprint density at radius 2 is 1.50 bits per heavy atom. The predicted molar refractivity (Wildman–Crippen MR) is 119 cm³/mol. The van der Waals surface area contributed by atoms with Gasteiger partial charge < -0.3 is 4.74 Å². The molecule has 0 aliphatic heterocycles. The molecule has 3 aromatic carbocycles.